The number of sulfonamides is 1. The Morgan fingerprint density at radius 2 is 1.71 bits per heavy atom. The molecule has 0 aromatic heterocycles. The lowest BCUT2D eigenvalue weighted by Crippen LogP contribution is -2.41. The summed E-state index contributed by atoms with van der Waals surface area (Å²) in [5, 5.41) is 3.81. The Morgan fingerprint density at radius 3 is 2.35 bits per heavy atom. The van der Waals surface area contributed by atoms with E-state index in [9.17, 15) is 13.2 Å². The van der Waals surface area contributed by atoms with Crippen LogP contribution in [0, 0.1) is 0 Å². The van der Waals surface area contributed by atoms with Crippen LogP contribution in [0.1, 0.15) is 5.56 Å². The number of benzene rings is 3. The van der Waals surface area contributed by atoms with Crippen molar-refractivity contribution in [2.24, 2.45) is 0 Å². The fourth-order valence-corrected chi connectivity index (χ4v) is 5.60. The molecule has 6 nitrogen and oxygen atoms in total. The number of carbonyl (C=O) groups is 1. The van der Waals surface area contributed by atoms with Crippen molar-refractivity contribution in [3.8, 4) is 5.75 Å². The van der Waals surface area contributed by atoms with Crippen LogP contribution in [0.2, 0.25) is 10.0 Å². The van der Waals surface area contributed by atoms with Crippen LogP contribution in [0.3, 0.4) is 0 Å². The highest BCUT2D eigenvalue weighted by Gasteiger charge is 2.27. The lowest BCUT2D eigenvalue weighted by atomic mass is 10.2. The normalized spacial score (nSPS) is 11.1. The molecular formula is C24H24Cl2N2O4S2. The summed E-state index contributed by atoms with van der Waals surface area (Å²) in [6, 6.07) is 20.1. The van der Waals surface area contributed by atoms with E-state index in [0.29, 0.717) is 33.8 Å². The van der Waals surface area contributed by atoms with E-state index in [1.807, 2.05) is 12.1 Å². The van der Waals surface area contributed by atoms with Gasteiger partial charge in [0, 0.05) is 18.1 Å². The number of methoxy groups -OCH3 is 1. The number of anilines is 1. The average molecular weight is 540 g/mol. The number of amides is 1. The molecule has 0 atom stereocenters. The zero-order chi connectivity index (χ0) is 24.6. The molecule has 0 unspecified atom stereocenters. The molecule has 1 N–H and O–H groups in total. The van der Waals surface area contributed by atoms with Gasteiger partial charge < -0.3 is 10.1 Å². The lowest BCUT2D eigenvalue weighted by molar-refractivity contribution is -0.119. The van der Waals surface area contributed by atoms with E-state index in [1.165, 1.54) is 19.2 Å². The van der Waals surface area contributed by atoms with Gasteiger partial charge in [-0.2, -0.15) is 11.8 Å². The Balaban J connectivity index is 1.61. The van der Waals surface area contributed by atoms with E-state index < -0.39 is 15.9 Å². The minimum atomic E-state index is -3.96. The Morgan fingerprint density at radius 1 is 1.00 bits per heavy atom. The molecule has 3 aromatic carbocycles. The van der Waals surface area contributed by atoms with Crippen LogP contribution in [0.4, 0.5) is 5.69 Å². The molecule has 0 radical (unpaired) electrons. The summed E-state index contributed by atoms with van der Waals surface area (Å²) in [7, 11) is -2.46. The van der Waals surface area contributed by atoms with Gasteiger partial charge in [-0.1, -0.05) is 47.5 Å². The van der Waals surface area contributed by atoms with Gasteiger partial charge in [0.05, 0.1) is 27.7 Å². The molecular weight excluding hydrogens is 515 g/mol. The quantitative estimate of drug-likeness (QED) is 0.337. The van der Waals surface area contributed by atoms with Crippen LogP contribution >= 0.6 is 35.0 Å². The zero-order valence-corrected chi connectivity index (χ0v) is 21.6. The molecule has 1 amide bonds. The molecule has 0 heterocycles. The molecule has 0 saturated carbocycles. The predicted molar refractivity (Wildman–Crippen MR) is 140 cm³/mol. The molecule has 3 rings (SSSR count). The van der Waals surface area contributed by atoms with Crippen molar-refractivity contribution in [2.75, 3.05) is 30.3 Å². The summed E-state index contributed by atoms with van der Waals surface area (Å²) < 4.78 is 32.9. The third-order valence-electron chi connectivity index (χ3n) is 4.80. The standard InChI is InChI=1S/C24H24Cl2N2O4S2/c1-32-20-8-10-21(11-9-20)34(30,31)28(19-5-3-2-4-6-19)16-24(29)27-13-14-33-17-18-7-12-22(25)23(26)15-18/h2-12,15H,13-14,16-17H2,1H3,(H,27,29). The molecule has 10 heteroatoms. The van der Waals surface area contributed by atoms with Crippen LogP contribution in [0.5, 0.6) is 5.75 Å². The number of thioether (sulfide) groups is 1. The first-order chi connectivity index (χ1) is 16.3. The van der Waals surface area contributed by atoms with Crippen molar-refractivity contribution < 1.29 is 17.9 Å². The first-order valence-electron chi connectivity index (χ1n) is 10.3. The Labute approximate surface area is 214 Å². The first-order valence-corrected chi connectivity index (χ1v) is 13.7. The van der Waals surface area contributed by atoms with Crippen molar-refractivity contribution >= 4 is 56.6 Å². The molecule has 0 saturated heterocycles. The number of carbonyl (C=O) groups excluding carboxylic acids is 1. The molecule has 0 bridgehead atoms. The topological polar surface area (TPSA) is 75.7 Å². The van der Waals surface area contributed by atoms with E-state index >= 15 is 0 Å². The van der Waals surface area contributed by atoms with E-state index in [-0.39, 0.29) is 11.4 Å². The molecule has 180 valence electrons. The van der Waals surface area contributed by atoms with Crippen molar-refractivity contribution in [2.45, 2.75) is 10.6 Å². The van der Waals surface area contributed by atoms with Gasteiger partial charge in [0.25, 0.3) is 10.0 Å². The molecule has 3 aromatic rings. The van der Waals surface area contributed by atoms with Gasteiger partial charge in [-0.25, -0.2) is 8.42 Å². The van der Waals surface area contributed by atoms with Crippen LogP contribution < -0.4 is 14.4 Å². The number of rotatable bonds is 11. The van der Waals surface area contributed by atoms with Crippen molar-refractivity contribution in [1.29, 1.82) is 0 Å². The predicted octanol–water partition coefficient (Wildman–Crippen LogP) is 5.25. The summed E-state index contributed by atoms with van der Waals surface area (Å²) in [4.78, 5) is 12.7. The molecule has 34 heavy (non-hydrogen) atoms. The van der Waals surface area contributed by atoms with Crippen LogP contribution in [0.25, 0.3) is 0 Å². The highest BCUT2D eigenvalue weighted by molar-refractivity contribution is 7.98. The number of halogens is 2. The lowest BCUT2D eigenvalue weighted by Gasteiger charge is -2.24. The molecule has 0 fully saturated rings. The van der Waals surface area contributed by atoms with Gasteiger partial charge in [0.15, 0.2) is 0 Å². The summed E-state index contributed by atoms with van der Waals surface area (Å²) in [6.07, 6.45) is 0. The number of nitrogens with one attached hydrogen (secondary N) is 1. The zero-order valence-electron chi connectivity index (χ0n) is 18.4. The maximum Gasteiger partial charge on any atom is 0.264 e. The van der Waals surface area contributed by atoms with Gasteiger partial charge in [0.1, 0.15) is 12.3 Å². The maximum atomic E-state index is 13.3. The minimum Gasteiger partial charge on any atom is -0.497 e. The molecule has 0 spiro atoms. The van der Waals surface area contributed by atoms with Crippen molar-refractivity contribution in [3.63, 3.8) is 0 Å². The fraction of sp³-hybridized carbons (Fsp3) is 0.208. The number of ether oxygens (including phenoxy) is 1. The second kappa shape index (κ2) is 12.4. The number of nitrogens with zero attached hydrogens (tertiary/aromatic N) is 1. The van der Waals surface area contributed by atoms with Crippen molar-refractivity contribution in [1.82, 2.24) is 5.32 Å². The van der Waals surface area contributed by atoms with Gasteiger partial charge in [-0.05, 0) is 54.1 Å². The van der Waals surface area contributed by atoms with Crippen LogP contribution in [-0.4, -0.2) is 40.3 Å². The Bertz CT molecular complexity index is 1210. The Hall–Kier alpha value is -2.39. The highest BCUT2D eigenvalue weighted by atomic mass is 35.5. The highest BCUT2D eigenvalue weighted by Crippen LogP contribution is 2.26. The SMILES string of the molecule is COc1ccc(S(=O)(=O)N(CC(=O)NCCSCc2ccc(Cl)c(Cl)c2)c2ccccc2)cc1. The molecule has 0 aliphatic rings. The van der Waals surface area contributed by atoms with Gasteiger partial charge in [-0.3, -0.25) is 9.10 Å². The minimum absolute atomic E-state index is 0.0714. The fourth-order valence-electron chi connectivity index (χ4n) is 3.05. The number of hydrogen-bond donors (Lipinski definition) is 1. The van der Waals surface area contributed by atoms with E-state index in [4.69, 9.17) is 27.9 Å². The average Bonchev–Trinajstić information content (AvgIpc) is 2.85. The summed E-state index contributed by atoms with van der Waals surface area (Å²) >= 11 is 13.6. The summed E-state index contributed by atoms with van der Waals surface area (Å²) in [6.45, 7) is 0.0614. The second-order valence-corrected chi connectivity index (χ2v) is 11.0. The van der Waals surface area contributed by atoms with Gasteiger partial charge in [0.2, 0.25) is 5.91 Å². The van der Waals surface area contributed by atoms with Gasteiger partial charge >= 0.3 is 0 Å². The largest absolute Gasteiger partial charge is 0.497 e. The van der Waals surface area contributed by atoms with Gasteiger partial charge in [-0.15, -0.1) is 0 Å². The molecule has 0 aliphatic carbocycles. The number of hydrogen-bond acceptors (Lipinski definition) is 5. The summed E-state index contributed by atoms with van der Waals surface area (Å²) in [5.74, 6) is 1.52. The third kappa shape index (κ3) is 7.06. The summed E-state index contributed by atoms with van der Waals surface area (Å²) in [5.41, 5.74) is 1.44. The Kier molecular flexibility index (Phi) is 9.53. The molecule has 0 aliphatic heterocycles. The maximum absolute atomic E-state index is 13.3. The van der Waals surface area contributed by atoms with Crippen molar-refractivity contribution in [3.05, 3.63) is 88.4 Å². The third-order valence-corrected chi connectivity index (χ3v) is 8.36. The van der Waals surface area contributed by atoms with Crippen LogP contribution in [0.15, 0.2) is 77.7 Å². The number of para-hydroxylation sites is 1. The van der Waals surface area contributed by atoms with Crippen LogP contribution in [-0.2, 0) is 20.6 Å². The first kappa shape index (κ1) is 26.2. The second-order valence-electron chi connectivity index (χ2n) is 7.17. The van der Waals surface area contributed by atoms with E-state index in [1.54, 1.807) is 60.3 Å². The van der Waals surface area contributed by atoms with E-state index in [2.05, 4.69) is 5.32 Å². The van der Waals surface area contributed by atoms with E-state index in [0.717, 1.165) is 15.6 Å². The monoisotopic (exact) mass is 538 g/mol. The smallest absolute Gasteiger partial charge is 0.264 e.